The molecule has 0 N–H and O–H groups in total. The van der Waals surface area contributed by atoms with Crippen LogP contribution < -0.4 is 0 Å². The summed E-state index contributed by atoms with van der Waals surface area (Å²) in [7, 11) is 0. The zero-order valence-corrected chi connectivity index (χ0v) is 13.2. The van der Waals surface area contributed by atoms with Crippen LogP contribution in [0.4, 0.5) is 0 Å². The van der Waals surface area contributed by atoms with E-state index in [-0.39, 0.29) is 6.61 Å². The van der Waals surface area contributed by atoms with Crippen LogP contribution in [0.3, 0.4) is 0 Å². The Morgan fingerprint density at radius 1 is 1.17 bits per heavy atom. The summed E-state index contributed by atoms with van der Waals surface area (Å²) in [5.41, 5.74) is 2.91. The summed E-state index contributed by atoms with van der Waals surface area (Å²) in [6, 6.07) is 15.1. The molecule has 3 aromatic rings. The molecule has 0 bridgehead atoms. The van der Waals surface area contributed by atoms with Gasteiger partial charge in [-0.25, -0.2) is 0 Å². The summed E-state index contributed by atoms with van der Waals surface area (Å²) in [6.45, 7) is 2.11. The van der Waals surface area contributed by atoms with Crippen LogP contribution in [-0.2, 0) is 11.4 Å². The number of aromatic nitrogens is 2. The highest BCUT2D eigenvalue weighted by Gasteiger charge is 2.10. The maximum absolute atomic E-state index is 5.81. The largest absolute Gasteiger partial charge is 0.386 e. The average Bonchev–Trinajstić information content (AvgIpc) is 3.02. The second-order valence-electron chi connectivity index (χ2n) is 4.89. The Hall–Kier alpha value is -2.66. The van der Waals surface area contributed by atoms with Gasteiger partial charge in [0.2, 0.25) is 5.82 Å². The van der Waals surface area contributed by atoms with Crippen molar-refractivity contribution in [2.45, 2.75) is 13.5 Å². The lowest BCUT2D eigenvalue weighted by molar-refractivity contribution is 0.107. The van der Waals surface area contributed by atoms with E-state index in [1.807, 2.05) is 43.3 Å². The first-order chi connectivity index (χ1) is 11.2. The molecular formula is C17H14ClN3O2. The molecule has 0 unspecified atom stereocenters. The van der Waals surface area contributed by atoms with Crippen molar-refractivity contribution < 1.29 is 9.36 Å². The van der Waals surface area contributed by atoms with Crippen molar-refractivity contribution in [3.8, 4) is 11.4 Å². The van der Waals surface area contributed by atoms with E-state index in [4.69, 9.17) is 21.0 Å². The lowest BCUT2D eigenvalue weighted by Gasteiger charge is -1.98. The quantitative estimate of drug-likeness (QED) is 0.519. The first-order valence-corrected chi connectivity index (χ1v) is 7.39. The molecule has 0 aliphatic rings. The molecular weight excluding hydrogens is 314 g/mol. The highest BCUT2D eigenvalue weighted by atomic mass is 35.5. The number of halogens is 1. The van der Waals surface area contributed by atoms with Gasteiger partial charge in [-0.15, -0.1) is 0 Å². The van der Waals surface area contributed by atoms with Crippen molar-refractivity contribution in [2.75, 3.05) is 0 Å². The van der Waals surface area contributed by atoms with Crippen LogP contribution in [0.5, 0.6) is 0 Å². The maximum Gasteiger partial charge on any atom is 0.267 e. The van der Waals surface area contributed by atoms with E-state index in [0.717, 1.165) is 16.7 Å². The van der Waals surface area contributed by atoms with Gasteiger partial charge < -0.3 is 9.36 Å². The molecule has 0 aliphatic heterocycles. The van der Waals surface area contributed by atoms with Crippen molar-refractivity contribution in [3.05, 3.63) is 70.6 Å². The van der Waals surface area contributed by atoms with Crippen LogP contribution in [0.25, 0.3) is 11.4 Å². The van der Waals surface area contributed by atoms with Gasteiger partial charge in [0.1, 0.15) is 0 Å². The summed E-state index contributed by atoms with van der Waals surface area (Å²) >= 11 is 5.81. The van der Waals surface area contributed by atoms with Gasteiger partial charge in [0.25, 0.3) is 5.89 Å². The molecule has 0 aliphatic carbocycles. The van der Waals surface area contributed by atoms with Crippen molar-refractivity contribution in [3.63, 3.8) is 0 Å². The number of oxime groups is 1. The summed E-state index contributed by atoms with van der Waals surface area (Å²) in [5, 5.41) is 8.51. The van der Waals surface area contributed by atoms with Gasteiger partial charge in [-0.3, -0.25) is 0 Å². The Morgan fingerprint density at radius 3 is 2.74 bits per heavy atom. The minimum Gasteiger partial charge on any atom is -0.386 e. The molecule has 0 spiro atoms. The topological polar surface area (TPSA) is 60.5 Å². The zero-order chi connectivity index (χ0) is 16.1. The molecule has 1 heterocycles. The van der Waals surface area contributed by atoms with Crippen molar-refractivity contribution in [1.82, 2.24) is 10.1 Å². The Labute approximate surface area is 138 Å². The molecule has 0 atom stereocenters. The first kappa shape index (κ1) is 15.2. The van der Waals surface area contributed by atoms with Crippen LogP contribution in [0.15, 0.2) is 58.2 Å². The van der Waals surface area contributed by atoms with Gasteiger partial charge in [0.05, 0.1) is 6.21 Å². The molecule has 0 saturated carbocycles. The highest BCUT2D eigenvalue weighted by Crippen LogP contribution is 2.19. The molecule has 1 aromatic heterocycles. The number of nitrogens with zero attached hydrogens (tertiary/aromatic N) is 3. The average molecular weight is 328 g/mol. The second-order valence-corrected chi connectivity index (χ2v) is 5.32. The second kappa shape index (κ2) is 7.07. The molecule has 116 valence electrons. The molecule has 0 fully saturated rings. The summed E-state index contributed by atoms with van der Waals surface area (Å²) in [4.78, 5) is 9.48. The Morgan fingerprint density at radius 2 is 1.96 bits per heavy atom. The van der Waals surface area contributed by atoms with Crippen molar-refractivity contribution in [2.24, 2.45) is 5.16 Å². The molecule has 3 rings (SSSR count). The minimum absolute atomic E-state index is 0.114. The monoisotopic (exact) mass is 327 g/mol. The molecule has 0 amide bonds. The van der Waals surface area contributed by atoms with E-state index in [1.165, 1.54) is 0 Å². The third-order valence-corrected chi connectivity index (χ3v) is 3.44. The van der Waals surface area contributed by atoms with E-state index in [9.17, 15) is 0 Å². The fourth-order valence-electron chi connectivity index (χ4n) is 1.99. The number of rotatable bonds is 5. The third-order valence-electron chi connectivity index (χ3n) is 3.19. The van der Waals surface area contributed by atoms with Gasteiger partial charge in [0, 0.05) is 10.6 Å². The van der Waals surface area contributed by atoms with Gasteiger partial charge in [-0.1, -0.05) is 58.3 Å². The fourth-order valence-corrected chi connectivity index (χ4v) is 2.11. The minimum atomic E-state index is 0.114. The third kappa shape index (κ3) is 3.96. The number of hydrogen-bond donors (Lipinski definition) is 0. The Kier molecular flexibility index (Phi) is 4.68. The molecule has 0 saturated heterocycles. The van der Waals surface area contributed by atoms with Crippen LogP contribution in [-0.4, -0.2) is 16.4 Å². The number of hydrogen-bond acceptors (Lipinski definition) is 5. The van der Waals surface area contributed by atoms with E-state index >= 15 is 0 Å². The maximum atomic E-state index is 5.81. The van der Waals surface area contributed by atoms with Crippen LogP contribution in [0.2, 0.25) is 5.02 Å². The van der Waals surface area contributed by atoms with Gasteiger partial charge in [-0.05, 0) is 30.2 Å². The summed E-state index contributed by atoms with van der Waals surface area (Å²) < 4.78 is 5.16. The van der Waals surface area contributed by atoms with E-state index in [0.29, 0.717) is 16.7 Å². The van der Waals surface area contributed by atoms with E-state index in [1.54, 1.807) is 18.3 Å². The first-order valence-electron chi connectivity index (χ1n) is 7.02. The van der Waals surface area contributed by atoms with Crippen molar-refractivity contribution >= 4 is 17.8 Å². The van der Waals surface area contributed by atoms with Gasteiger partial charge in [-0.2, -0.15) is 4.98 Å². The van der Waals surface area contributed by atoms with E-state index < -0.39 is 0 Å². The Bertz CT molecular complexity index is 813. The van der Waals surface area contributed by atoms with Gasteiger partial charge >= 0.3 is 0 Å². The van der Waals surface area contributed by atoms with Gasteiger partial charge in [0.15, 0.2) is 6.61 Å². The normalized spacial score (nSPS) is 11.0. The molecule has 6 heteroatoms. The predicted octanol–water partition coefficient (Wildman–Crippen LogP) is 4.25. The molecule has 5 nitrogen and oxygen atoms in total. The van der Waals surface area contributed by atoms with E-state index in [2.05, 4.69) is 15.3 Å². The predicted molar refractivity (Wildman–Crippen MR) is 88.3 cm³/mol. The van der Waals surface area contributed by atoms with Crippen LogP contribution in [0, 0.1) is 6.92 Å². The highest BCUT2D eigenvalue weighted by molar-refractivity contribution is 6.30. The lowest BCUT2D eigenvalue weighted by atomic mass is 10.1. The van der Waals surface area contributed by atoms with Crippen molar-refractivity contribution in [1.29, 1.82) is 0 Å². The Balaban J connectivity index is 1.59. The zero-order valence-electron chi connectivity index (χ0n) is 12.4. The van der Waals surface area contributed by atoms with Crippen LogP contribution in [0.1, 0.15) is 17.0 Å². The standard InChI is InChI=1S/C17H14ClN3O2/c1-12-4-2-3-5-15(12)17-20-16(23-21-17)11-22-19-10-13-6-8-14(18)9-7-13/h2-10H,11H2,1H3/b19-10-. The fraction of sp³-hybridized carbons (Fsp3) is 0.118. The van der Waals surface area contributed by atoms with Crippen LogP contribution >= 0.6 is 11.6 Å². The number of aryl methyl sites for hydroxylation is 1. The smallest absolute Gasteiger partial charge is 0.267 e. The lowest BCUT2D eigenvalue weighted by Crippen LogP contribution is -1.89. The molecule has 23 heavy (non-hydrogen) atoms. The molecule has 0 radical (unpaired) electrons. The summed E-state index contributed by atoms with van der Waals surface area (Å²) in [5.74, 6) is 0.917. The summed E-state index contributed by atoms with van der Waals surface area (Å²) in [6.07, 6.45) is 1.59. The number of benzene rings is 2. The SMILES string of the molecule is Cc1ccccc1-c1noc(CO/N=C\c2ccc(Cl)cc2)n1. The molecule has 2 aromatic carbocycles.